The van der Waals surface area contributed by atoms with Gasteiger partial charge < -0.3 is 10.0 Å². The predicted molar refractivity (Wildman–Crippen MR) is 68.7 cm³/mol. The number of carbonyl (C=O) groups is 1. The Morgan fingerprint density at radius 2 is 2.29 bits per heavy atom. The molecule has 0 radical (unpaired) electrons. The fraction of sp³-hybridized carbons (Fsp3) is 0.357. The van der Waals surface area contributed by atoms with Crippen molar-refractivity contribution in [3.63, 3.8) is 0 Å². The summed E-state index contributed by atoms with van der Waals surface area (Å²) in [5.41, 5.74) is 1.33. The molecule has 90 valence electrons. The van der Waals surface area contributed by atoms with Crippen LogP contribution < -0.4 is 4.90 Å². The van der Waals surface area contributed by atoms with Gasteiger partial charge in [-0.15, -0.1) is 6.58 Å². The van der Waals surface area contributed by atoms with E-state index in [-0.39, 0.29) is 11.5 Å². The standard InChI is InChI=1S/C14H17NO2/c1-3-8-15(11-4-5-11)12-6-7-13(10(2)16)14(17)9-12/h3,6-7,9,11,17H,1,4-5,8H2,2H3. The SMILES string of the molecule is C=CCN(c1ccc(C(C)=O)c(O)c1)C1CC1. The van der Waals surface area contributed by atoms with Crippen LogP contribution in [0.1, 0.15) is 30.1 Å². The minimum absolute atomic E-state index is 0.0599. The normalized spacial score (nSPS) is 14.4. The molecule has 0 atom stereocenters. The van der Waals surface area contributed by atoms with Crippen LogP contribution in [0.3, 0.4) is 0 Å². The Hall–Kier alpha value is -1.77. The summed E-state index contributed by atoms with van der Waals surface area (Å²) in [6.45, 7) is 5.97. The van der Waals surface area contributed by atoms with Crippen LogP contribution in [-0.2, 0) is 0 Å². The summed E-state index contributed by atoms with van der Waals surface area (Å²) in [6.07, 6.45) is 4.22. The van der Waals surface area contributed by atoms with Gasteiger partial charge in [-0.3, -0.25) is 4.79 Å². The highest BCUT2D eigenvalue weighted by molar-refractivity contribution is 5.97. The first-order valence-corrected chi connectivity index (χ1v) is 5.85. The minimum Gasteiger partial charge on any atom is -0.507 e. The topological polar surface area (TPSA) is 40.5 Å². The molecule has 1 aliphatic rings. The highest BCUT2D eigenvalue weighted by Gasteiger charge is 2.28. The summed E-state index contributed by atoms with van der Waals surface area (Å²) in [5, 5.41) is 9.81. The van der Waals surface area contributed by atoms with Crippen molar-refractivity contribution in [3.8, 4) is 5.75 Å². The van der Waals surface area contributed by atoms with Crippen LogP contribution in [0.4, 0.5) is 5.69 Å². The third-order valence-electron chi connectivity index (χ3n) is 3.01. The van der Waals surface area contributed by atoms with Gasteiger partial charge in [0.15, 0.2) is 5.78 Å². The lowest BCUT2D eigenvalue weighted by molar-refractivity contribution is 0.101. The average molecular weight is 231 g/mol. The summed E-state index contributed by atoms with van der Waals surface area (Å²) in [4.78, 5) is 13.4. The Kier molecular flexibility index (Phi) is 3.18. The molecule has 0 amide bonds. The van der Waals surface area contributed by atoms with Crippen molar-refractivity contribution in [1.29, 1.82) is 0 Å². The Balaban J connectivity index is 2.28. The molecule has 1 fully saturated rings. The number of aromatic hydroxyl groups is 1. The van der Waals surface area contributed by atoms with Crippen molar-refractivity contribution in [2.75, 3.05) is 11.4 Å². The molecule has 1 saturated carbocycles. The number of carbonyl (C=O) groups excluding carboxylic acids is 1. The Morgan fingerprint density at radius 1 is 1.59 bits per heavy atom. The zero-order valence-corrected chi connectivity index (χ0v) is 10.0. The number of nitrogens with zero attached hydrogens (tertiary/aromatic N) is 1. The third kappa shape index (κ3) is 2.49. The largest absolute Gasteiger partial charge is 0.507 e. The summed E-state index contributed by atoms with van der Waals surface area (Å²) < 4.78 is 0. The van der Waals surface area contributed by atoms with E-state index in [1.165, 1.54) is 19.8 Å². The van der Waals surface area contributed by atoms with Crippen molar-refractivity contribution in [2.24, 2.45) is 0 Å². The zero-order valence-electron chi connectivity index (χ0n) is 10.0. The summed E-state index contributed by atoms with van der Waals surface area (Å²) in [7, 11) is 0. The highest BCUT2D eigenvalue weighted by atomic mass is 16.3. The van der Waals surface area contributed by atoms with E-state index in [9.17, 15) is 9.90 Å². The molecule has 0 heterocycles. The molecule has 1 N–H and O–H groups in total. The van der Waals surface area contributed by atoms with Gasteiger partial charge >= 0.3 is 0 Å². The van der Waals surface area contributed by atoms with Crippen molar-refractivity contribution in [2.45, 2.75) is 25.8 Å². The molecule has 1 aliphatic carbocycles. The maximum absolute atomic E-state index is 11.2. The molecule has 1 aromatic rings. The van der Waals surface area contributed by atoms with E-state index >= 15 is 0 Å². The molecule has 0 spiro atoms. The Labute approximate surface area is 101 Å². The molecule has 1 aromatic carbocycles. The lowest BCUT2D eigenvalue weighted by atomic mass is 10.1. The van der Waals surface area contributed by atoms with Crippen molar-refractivity contribution in [3.05, 3.63) is 36.4 Å². The molecule has 0 saturated heterocycles. The van der Waals surface area contributed by atoms with Gasteiger partial charge in [0.2, 0.25) is 0 Å². The van der Waals surface area contributed by atoms with Gasteiger partial charge in [-0.25, -0.2) is 0 Å². The van der Waals surface area contributed by atoms with Crippen LogP contribution in [0, 0.1) is 0 Å². The van der Waals surface area contributed by atoms with Gasteiger partial charge in [-0.2, -0.15) is 0 Å². The van der Waals surface area contributed by atoms with Gasteiger partial charge in [0.1, 0.15) is 5.75 Å². The van der Waals surface area contributed by atoms with E-state index in [0.717, 1.165) is 12.2 Å². The average Bonchev–Trinajstić information content (AvgIpc) is 3.09. The summed E-state index contributed by atoms with van der Waals surface area (Å²) in [5.74, 6) is -0.0551. The van der Waals surface area contributed by atoms with Gasteiger partial charge in [0.25, 0.3) is 0 Å². The van der Waals surface area contributed by atoms with Gasteiger partial charge in [-0.05, 0) is 31.9 Å². The van der Waals surface area contributed by atoms with E-state index in [1.54, 1.807) is 12.1 Å². The number of ketones is 1. The van der Waals surface area contributed by atoms with Crippen molar-refractivity contribution >= 4 is 11.5 Å². The maximum Gasteiger partial charge on any atom is 0.163 e. The number of benzene rings is 1. The fourth-order valence-corrected chi connectivity index (χ4v) is 1.99. The molecule has 3 nitrogen and oxygen atoms in total. The van der Waals surface area contributed by atoms with Crippen molar-refractivity contribution in [1.82, 2.24) is 0 Å². The van der Waals surface area contributed by atoms with E-state index in [4.69, 9.17) is 0 Å². The van der Waals surface area contributed by atoms with Crippen LogP contribution in [-0.4, -0.2) is 23.5 Å². The zero-order chi connectivity index (χ0) is 12.4. The Bertz CT molecular complexity index is 450. The van der Waals surface area contributed by atoms with Crippen LogP contribution in [0.5, 0.6) is 5.75 Å². The number of phenolic OH excluding ortho intramolecular Hbond substituents is 1. The highest BCUT2D eigenvalue weighted by Crippen LogP contribution is 2.34. The van der Waals surface area contributed by atoms with Gasteiger partial charge in [0.05, 0.1) is 5.56 Å². The number of hydrogen-bond donors (Lipinski definition) is 1. The van der Waals surface area contributed by atoms with Gasteiger partial charge in [0, 0.05) is 24.3 Å². The quantitative estimate of drug-likeness (QED) is 0.625. The number of rotatable bonds is 5. The molecule has 3 heteroatoms. The van der Waals surface area contributed by atoms with E-state index in [1.807, 2.05) is 12.1 Å². The Morgan fingerprint density at radius 3 is 2.76 bits per heavy atom. The monoisotopic (exact) mass is 231 g/mol. The molecule has 0 unspecified atom stereocenters. The summed E-state index contributed by atoms with van der Waals surface area (Å²) in [6, 6.07) is 5.79. The van der Waals surface area contributed by atoms with E-state index < -0.39 is 0 Å². The molecular weight excluding hydrogens is 214 g/mol. The van der Waals surface area contributed by atoms with Crippen LogP contribution >= 0.6 is 0 Å². The maximum atomic E-state index is 11.2. The molecule has 0 bridgehead atoms. The molecular formula is C14H17NO2. The number of anilines is 1. The minimum atomic E-state index is -0.115. The second-order valence-corrected chi connectivity index (χ2v) is 4.43. The third-order valence-corrected chi connectivity index (χ3v) is 3.01. The first-order chi connectivity index (χ1) is 8.13. The summed E-state index contributed by atoms with van der Waals surface area (Å²) >= 11 is 0. The first-order valence-electron chi connectivity index (χ1n) is 5.85. The second-order valence-electron chi connectivity index (χ2n) is 4.43. The molecule has 17 heavy (non-hydrogen) atoms. The predicted octanol–water partition coefficient (Wildman–Crippen LogP) is 2.75. The first kappa shape index (κ1) is 11.7. The number of hydrogen-bond acceptors (Lipinski definition) is 3. The van der Waals surface area contributed by atoms with E-state index in [0.29, 0.717) is 11.6 Å². The lowest BCUT2D eigenvalue weighted by Gasteiger charge is -2.23. The van der Waals surface area contributed by atoms with Crippen LogP contribution in [0.2, 0.25) is 0 Å². The smallest absolute Gasteiger partial charge is 0.163 e. The number of phenols is 1. The van der Waals surface area contributed by atoms with Crippen molar-refractivity contribution < 1.29 is 9.90 Å². The lowest BCUT2D eigenvalue weighted by Crippen LogP contribution is -2.25. The molecule has 0 aromatic heterocycles. The van der Waals surface area contributed by atoms with Crippen LogP contribution in [0.15, 0.2) is 30.9 Å². The molecule has 2 rings (SSSR count). The fourth-order valence-electron chi connectivity index (χ4n) is 1.99. The van der Waals surface area contributed by atoms with Gasteiger partial charge in [-0.1, -0.05) is 6.08 Å². The molecule has 0 aliphatic heterocycles. The second kappa shape index (κ2) is 4.62. The van der Waals surface area contributed by atoms with Crippen LogP contribution in [0.25, 0.3) is 0 Å². The number of Topliss-reactive ketones (excluding diaryl/α,β-unsaturated/α-hetero) is 1. The van der Waals surface area contributed by atoms with E-state index in [2.05, 4.69) is 11.5 Å².